The van der Waals surface area contributed by atoms with E-state index in [1.165, 1.54) is 0 Å². The van der Waals surface area contributed by atoms with Crippen LogP contribution in [0, 0.1) is 11.8 Å². The molecule has 2 aromatic rings. The van der Waals surface area contributed by atoms with Gasteiger partial charge in [-0.25, -0.2) is 0 Å². The number of carbonyl (C=O) groups excluding carboxylic acids is 1. The zero-order chi connectivity index (χ0) is 13.5. The van der Waals surface area contributed by atoms with Gasteiger partial charge in [0.15, 0.2) is 5.78 Å². The van der Waals surface area contributed by atoms with E-state index in [2.05, 4.69) is 17.2 Å². The molecule has 2 rings (SSSR count). The third-order valence-electron chi connectivity index (χ3n) is 2.68. The SMILES string of the molecule is CC(=O)c1ccc(C#CCNc2ccccc2)cc1. The van der Waals surface area contributed by atoms with Crippen LogP contribution in [0.15, 0.2) is 54.6 Å². The Balaban J connectivity index is 1.91. The standard InChI is InChI=1S/C17H15NO/c1-14(19)16-11-9-15(10-12-16)6-5-13-18-17-7-3-2-4-8-17/h2-4,7-12,18H,13H2,1H3. The highest BCUT2D eigenvalue weighted by Crippen LogP contribution is 2.05. The molecule has 0 aliphatic carbocycles. The normalized spacial score (nSPS) is 9.32. The fraction of sp³-hybridized carbons (Fsp3) is 0.118. The molecule has 2 nitrogen and oxygen atoms in total. The quantitative estimate of drug-likeness (QED) is 0.667. The lowest BCUT2D eigenvalue weighted by molar-refractivity contribution is 0.101. The fourth-order valence-electron chi connectivity index (χ4n) is 1.64. The molecule has 0 unspecified atom stereocenters. The Kier molecular flexibility index (Phi) is 4.36. The number of Topliss-reactive ketones (excluding diaryl/α,β-unsaturated/α-hetero) is 1. The van der Waals surface area contributed by atoms with Crippen LogP contribution in [0.25, 0.3) is 0 Å². The summed E-state index contributed by atoms with van der Waals surface area (Å²) in [5.74, 6) is 6.18. The highest BCUT2D eigenvalue weighted by Gasteiger charge is 1.96. The molecule has 94 valence electrons. The van der Waals surface area contributed by atoms with Crippen LogP contribution < -0.4 is 5.32 Å². The molecular formula is C17H15NO. The molecule has 1 N–H and O–H groups in total. The summed E-state index contributed by atoms with van der Waals surface area (Å²) in [5, 5.41) is 3.22. The molecule has 0 heterocycles. The lowest BCUT2D eigenvalue weighted by Gasteiger charge is -1.99. The molecule has 0 bridgehead atoms. The Bertz CT molecular complexity index is 603. The summed E-state index contributed by atoms with van der Waals surface area (Å²) in [6.07, 6.45) is 0. The van der Waals surface area contributed by atoms with Gasteiger partial charge in [-0.1, -0.05) is 42.2 Å². The van der Waals surface area contributed by atoms with Crippen LogP contribution in [0.2, 0.25) is 0 Å². The van der Waals surface area contributed by atoms with Gasteiger partial charge >= 0.3 is 0 Å². The number of benzene rings is 2. The second-order valence-electron chi connectivity index (χ2n) is 4.15. The predicted octanol–water partition coefficient (Wildman–Crippen LogP) is 3.35. The molecule has 0 atom stereocenters. The van der Waals surface area contributed by atoms with Gasteiger partial charge < -0.3 is 5.32 Å². The molecule has 0 radical (unpaired) electrons. The van der Waals surface area contributed by atoms with Crippen molar-refractivity contribution in [1.29, 1.82) is 0 Å². The van der Waals surface area contributed by atoms with Crippen molar-refractivity contribution in [2.45, 2.75) is 6.92 Å². The van der Waals surface area contributed by atoms with E-state index in [4.69, 9.17) is 0 Å². The van der Waals surface area contributed by atoms with E-state index in [1.807, 2.05) is 42.5 Å². The summed E-state index contributed by atoms with van der Waals surface area (Å²) in [6.45, 7) is 2.16. The Labute approximate surface area is 113 Å². The zero-order valence-corrected chi connectivity index (χ0v) is 10.8. The summed E-state index contributed by atoms with van der Waals surface area (Å²) < 4.78 is 0. The van der Waals surface area contributed by atoms with Crippen LogP contribution >= 0.6 is 0 Å². The van der Waals surface area contributed by atoms with Gasteiger partial charge in [0.1, 0.15) is 0 Å². The molecule has 0 aromatic heterocycles. The number of nitrogens with one attached hydrogen (secondary N) is 1. The molecule has 0 aliphatic rings. The predicted molar refractivity (Wildman–Crippen MR) is 78.3 cm³/mol. The Morgan fingerprint density at radius 1 is 1.05 bits per heavy atom. The van der Waals surface area contributed by atoms with Crippen molar-refractivity contribution in [1.82, 2.24) is 0 Å². The smallest absolute Gasteiger partial charge is 0.159 e. The van der Waals surface area contributed by atoms with Crippen molar-refractivity contribution in [3.05, 3.63) is 65.7 Å². The molecule has 2 aromatic carbocycles. The van der Waals surface area contributed by atoms with Gasteiger partial charge in [-0.15, -0.1) is 0 Å². The van der Waals surface area contributed by atoms with Gasteiger partial charge in [-0.05, 0) is 31.2 Å². The van der Waals surface area contributed by atoms with Crippen LogP contribution in [0.4, 0.5) is 5.69 Å². The highest BCUT2D eigenvalue weighted by molar-refractivity contribution is 5.94. The van der Waals surface area contributed by atoms with E-state index >= 15 is 0 Å². The Morgan fingerprint density at radius 2 is 1.74 bits per heavy atom. The number of para-hydroxylation sites is 1. The molecule has 0 saturated heterocycles. The maximum Gasteiger partial charge on any atom is 0.159 e. The van der Waals surface area contributed by atoms with Gasteiger partial charge in [0.25, 0.3) is 0 Å². The Morgan fingerprint density at radius 3 is 2.37 bits per heavy atom. The molecular weight excluding hydrogens is 234 g/mol. The molecule has 2 heteroatoms. The lowest BCUT2D eigenvalue weighted by atomic mass is 10.1. The van der Waals surface area contributed by atoms with E-state index in [0.29, 0.717) is 12.1 Å². The van der Waals surface area contributed by atoms with E-state index in [0.717, 1.165) is 11.3 Å². The number of ketones is 1. The van der Waals surface area contributed by atoms with E-state index in [-0.39, 0.29) is 5.78 Å². The summed E-state index contributed by atoms with van der Waals surface area (Å²) in [6, 6.07) is 17.3. The van der Waals surface area contributed by atoms with Crippen molar-refractivity contribution < 1.29 is 4.79 Å². The topological polar surface area (TPSA) is 29.1 Å². The molecule has 0 saturated carbocycles. The maximum atomic E-state index is 11.1. The average molecular weight is 249 g/mol. The fourth-order valence-corrected chi connectivity index (χ4v) is 1.64. The Hall–Kier alpha value is -2.53. The lowest BCUT2D eigenvalue weighted by Crippen LogP contribution is -1.97. The number of hydrogen-bond acceptors (Lipinski definition) is 2. The van der Waals surface area contributed by atoms with Crippen molar-refractivity contribution >= 4 is 11.5 Å². The van der Waals surface area contributed by atoms with Crippen molar-refractivity contribution in [3.63, 3.8) is 0 Å². The third kappa shape index (κ3) is 4.01. The summed E-state index contributed by atoms with van der Waals surface area (Å²) in [5.41, 5.74) is 2.69. The van der Waals surface area contributed by atoms with Crippen LogP contribution in [0.1, 0.15) is 22.8 Å². The zero-order valence-electron chi connectivity index (χ0n) is 10.8. The van der Waals surface area contributed by atoms with Crippen molar-refractivity contribution in [2.24, 2.45) is 0 Å². The van der Waals surface area contributed by atoms with E-state index < -0.39 is 0 Å². The first-order valence-electron chi connectivity index (χ1n) is 6.14. The van der Waals surface area contributed by atoms with Gasteiger partial charge in [-0.2, -0.15) is 0 Å². The summed E-state index contributed by atoms with van der Waals surface area (Å²) >= 11 is 0. The van der Waals surface area contributed by atoms with E-state index in [1.54, 1.807) is 19.1 Å². The number of rotatable bonds is 3. The molecule has 19 heavy (non-hydrogen) atoms. The minimum absolute atomic E-state index is 0.0743. The van der Waals surface area contributed by atoms with Gasteiger partial charge in [0, 0.05) is 16.8 Å². The second-order valence-corrected chi connectivity index (χ2v) is 4.15. The monoisotopic (exact) mass is 249 g/mol. The molecule has 0 amide bonds. The summed E-state index contributed by atoms with van der Waals surface area (Å²) in [4.78, 5) is 11.1. The number of carbonyl (C=O) groups is 1. The number of anilines is 1. The molecule has 0 fully saturated rings. The second kappa shape index (κ2) is 6.42. The molecule has 0 spiro atoms. The van der Waals surface area contributed by atoms with E-state index in [9.17, 15) is 4.79 Å². The van der Waals surface area contributed by atoms with Crippen LogP contribution in [0.3, 0.4) is 0 Å². The average Bonchev–Trinajstić information content (AvgIpc) is 2.45. The summed E-state index contributed by atoms with van der Waals surface area (Å²) in [7, 11) is 0. The van der Waals surface area contributed by atoms with Gasteiger partial charge in [-0.3, -0.25) is 4.79 Å². The van der Waals surface area contributed by atoms with Crippen LogP contribution in [-0.4, -0.2) is 12.3 Å². The van der Waals surface area contributed by atoms with Crippen LogP contribution in [-0.2, 0) is 0 Å². The first-order valence-corrected chi connectivity index (χ1v) is 6.14. The minimum atomic E-state index is 0.0743. The van der Waals surface area contributed by atoms with Crippen LogP contribution in [0.5, 0.6) is 0 Å². The van der Waals surface area contributed by atoms with Crippen molar-refractivity contribution in [3.8, 4) is 11.8 Å². The number of hydrogen-bond donors (Lipinski definition) is 1. The third-order valence-corrected chi connectivity index (χ3v) is 2.68. The maximum absolute atomic E-state index is 11.1. The van der Waals surface area contributed by atoms with Gasteiger partial charge in [0.05, 0.1) is 6.54 Å². The van der Waals surface area contributed by atoms with Gasteiger partial charge in [0.2, 0.25) is 0 Å². The largest absolute Gasteiger partial charge is 0.374 e. The molecule has 0 aliphatic heterocycles. The minimum Gasteiger partial charge on any atom is -0.374 e. The first kappa shape index (κ1) is 12.9. The van der Waals surface area contributed by atoms with Crippen molar-refractivity contribution in [2.75, 3.05) is 11.9 Å². The first-order chi connectivity index (χ1) is 9.25. The highest BCUT2D eigenvalue weighted by atomic mass is 16.1.